The number of halogens is 1. The van der Waals surface area contributed by atoms with Gasteiger partial charge in [0.1, 0.15) is 5.82 Å². The van der Waals surface area contributed by atoms with E-state index in [-0.39, 0.29) is 5.56 Å². The number of aldehydes is 1. The Morgan fingerprint density at radius 1 is 1.21 bits per heavy atom. The first kappa shape index (κ1) is 8.69. The van der Waals surface area contributed by atoms with Crippen LogP contribution in [0, 0.1) is 5.82 Å². The first-order chi connectivity index (χ1) is 6.83. The number of aromatic amines is 1. The second-order valence-electron chi connectivity index (χ2n) is 2.90. The van der Waals surface area contributed by atoms with Crippen LogP contribution in [-0.2, 0) is 0 Å². The average molecular weight is 189 g/mol. The summed E-state index contributed by atoms with van der Waals surface area (Å²) < 4.78 is 13.2. The van der Waals surface area contributed by atoms with Crippen molar-refractivity contribution in [1.82, 2.24) is 4.98 Å². The molecular weight excluding hydrogens is 181 g/mol. The van der Waals surface area contributed by atoms with Crippen molar-refractivity contribution >= 4 is 6.29 Å². The summed E-state index contributed by atoms with van der Waals surface area (Å²) in [4.78, 5) is 13.6. The fourth-order valence-corrected chi connectivity index (χ4v) is 1.39. The average Bonchev–Trinajstić information content (AvgIpc) is 2.70. The van der Waals surface area contributed by atoms with Crippen molar-refractivity contribution in [2.24, 2.45) is 0 Å². The highest BCUT2D eigenvalue weighted by atomic mass is 19.1. The van der Waals surface area contributed by atoms with Gasteiger partial charge in [-0.25, -0.2) is 4.39 Å². The fourth-order valence-electron chi connectivity index (χ4n) is 1.39. The Labute approximate surface area is 80.4 Å². The molecule has 2 aromatic rings. The van der Waals surface area contributed by atoms with Crippen LogP contribution >= 0.6 is 0 Å². The second-order valence-corrected chi connectivity index (χ2v) is 2.90. The van der Waals surface area contributed by atoms with Gasteiger partial charge < -0.3 is 4.98 Å². The van der Waals surface area contributed by atoms with E-state index in [4.69, 9.17) is 0 Å². The van der Waals surface area contributed by atoms with Gasteiger partial charge in [-0.15, -0.1) is 0 Å². The second kappa shape index (κ2) is 3.46. The highest BCUT2D eigenvalue weighted by molar-refractivity contribution is 5.86. The summed E-state index contributed by atoms with van der Waals surface area (Å²) in [7, 11) is 0. The number of benzene rings is 1. The number of carbonyl (C=O) groups is 1. The molecule has 3 heteroatoms. The van der Waals surface area contributed by atoms with Crippen molar-refractivity contribution in [2.45, 2.75) is 0 Å². The zero-order valence-electron chi connectivity index (χ0n) is 7.33. The third-order valence-electron chi connectivity index (χ3n) is 2.06. The molecule has 14 heavy (non-hydrogen) atoms. The van der Waals surface area contributed by atoms with Gasteiger partial charge in [-0.1, -0.05) is 12.1 Å². The van der Waals surface area contributed by atoms with Gasteiger partial charge in [0.05, 0.1) is 5.56 Å². The predicted molar refractivity (Wildman–Crippen MR) is 51.6 cm³/mol. The molecule has 1 heterocycles. The Balaban J connectivity index is 2.64. The summed E-state index contributed by atoms with van der Waals surface area (Å²) in [5.74, 6) is -0.493. The van der Waals surface area contributed by atoms with Gasteiger partial charge in [-0.05, 0) is 18.2 Å². The van der Waals surface area contributed by atoms with E-state index in [1.807, 2.05) is 0 Å². The molecule has 2 rings (SSSR count). The molecule has 0 amide bonds. The quantitative estimate of drug-likeness (QED) is 0.724. The summed E-state index contributed by atoms with van der Waals surface area (Å²) in [5, 5.41) is 0. The number of H-pyrrole nitrogens is 1. The molecule has 0 fully saturated rings. The van der Waals surface area contributed by atoms with Crippen molar-refractivity contribution < 1.29 is 9.18 Å². The van der Waals surface area contributed by atoms with Crippen molar-refractivity contribution in [3.05, 3.63) is 47.9 Å². The molecule has 0 saturated heterocycles. The van der Waals surface area contributed by atoms with Crippen LogP contribution in [0.2, 0.25) is 0 Å². The van der Waals surface area contributed by atoms with Gasteiger partial charge in [0.15, 0.2) is 6.29 Å². The third kappa shape index (κ3) is 1.33. The van der Waals surface area contributed by atoms with Gasteiger partial charge in [-0.3, -0.25) is 4.79 Å². The minimum atomic E-state index is -0.493. The van der Waals surface area contributed by atoms with Crippen LogP contribution in [0.15, 0.2) is 36.5 Å². The molecule has 1 N–H and O–H groups in total. The summed E-state index contributed by atoms with van der Waals surface area (Å²) in [5.41, 5.74) is 1.42. The number of hydrogen-bond acceptors (Lipinski definition) is 1. The van der Waals surface area contributed by atoms with E-state index in [9.17, 15) is 9.18 Å². The molecule has 2 nitrogen and oxygen atoms in total. The van der Waals surface area contributed by atoms with E-state index in [1.165, 1.54) is 6.07 Å². The zero-order valence-corrected chi connectivity index (χ0v) is 7.33. The fraction of sp³-hybridized carbons (Fsp3) is 0. The number of nitrogens with one attached hydrogen (secondary N) is 1. The smallest absolute Gasteiger partial charge is 0.153 e. The van der Waals surface area contributed by atoms with E-state index in [1.54, 1.807) is 30.5 Å². The highest BCUT2D eigenvalue weighted by Crippen LogP contribution is 2.22. The van der Waals surface area contributed by atoms with Crippen molar-refractivity contribution in [1.29, 1.82) is 0 Å². The number of carbonyl (C=O) groups excluding carboxylic acids is 1. The van der Waals surface area contributed by atoms with Crippen LogP contribution in [0.25, 0.3) is 11.3 Å². The topological polar surface area (TPSA) is 32.9 Å². The largest absolute Gasteiger partial charge is 0.361 e. The van der Waals surface area contributed by atoms with Gasteiger partial charge >= 0.3 is 0 Å². The molecule has 0 aliphatic heterocycles. The van der Waals surface area contributed by atoms with Crippen molar-refractivity contribution in [3.8, 4) is 11.3 Å². The number of hydrogen-bond donors (Lipinski definition) is 1. The molecular formula is C11H8FNO. The normalized spacial score (nSPS) is 10.1. The van der Waals surface area contributed by atoms with E-state index in [0.29, 0.717) is 11.8 Å². The van der Waals surface area contributed by atoms with Gasteiger partial charge in [-0.2, -0.15) is 0 Å². The predicted octanol–water partition coefficient (Wildman–Crippen LogP) is 2.63. The number of aromatic nitrogens is 1. The molecule has 0 aliphatic rings. The Morgan fingerprint density at radius 3 is 2.71 bits per heavy atom. The Hall–Kier alpha value is -1.90. The minimum absolute atomic E-state index is 0.0925. The number of rotatable bonds is 2. The van der Waals surface area contributed by atoms with Gasteiger partial charge in [0, 0.05) is 17.5 Å². The highest BCUT2D eigenvalue weighted by Gasteiger charge is 2.08. The summed E-state index contributed by atoms with van der Waals surface area (Å²) in [6.07, 6.45) is 2.26. The lowest BCUT2D eigenvalue weighted by molar-refractivity contribution is 0.112. The van der Waals surface area contributed by atoms with E-state index >= 15 is 0 Å². The lowest BCUT2D eigenvalue weighted by atomic mass is 10.1. The summed E-state index contributed by atoms with van der Waals surface area (Å²) in [6.45, 7) is 0. The lowest BCUT2D eigenvalue weighted by Crippen LogP contribution is -1.92. The summed E-state index contributed by atoms with van der Waals surface area (Å²) >= 11 is 0. The molecule has 1 aromatic heterocycles. The Bertz CT molecular complexity index is 448. The van der Waals surface area contributed by atoms with Crippen LogP contribution in [0.3, 0.4) is 0 Å². The van der Waals surface area contributed by atoms with Crippen molar-refractivity contribution in [2.75, 3.05) is 0 Å². The first-order valence-corrected chi connectivity index (χ1v) is 4.20. The van der Waals surface area contributed by atoms with Crippen LogP contribution in [-0.4, -0.2) is 11.3 Å². The van der Waals surface area contributed by atoms with E-state index in [0.717, 1.165) is 5.69 Å². The summed E-state index contributed by atoms with van der Waals surface area (Å²) in [6, 6.07) is 8.16. The molecule has 0 saturated carbocycles. The lowest BCUT2D eigenvalue weighted by Gasteiger charge is -2.02. The molecule has 0 atom stereocenters. The maximum atomic E-state index is 13.2. The standard InChI is InChI=1S/C11H8FNO/c12-10-4-1-3-8(9(10)7-14)11-5-2-6-13-11/h1-7,13H. The maximum absolute atomic E-state index is 13.2. The molecule has 0 unspecified atom stereocenters. The van der Waals surface area contributed by atoms with E-state index < -0.39 is 5.82 Å². The Morgan fingerprint density at radius 2 is 2.07 bits per heavy atom. The maximum Gasteiger partial charge on any atom is 0.153 e. The van der Waals surface area contributed by atoms with Crippen LogP contribution in [0.5, 0.6) is 0 Å². The first-order valence-electron chi connectivity index (χ1n) is 4.20. The Kier molecular flexibility index (Phi) is 2.14. The van der Waals surface area contributed by atoms with Crippen molar-refractivity contribution in [3.63, 3.8) is 0 Å². The minimum Gasteiger partial charge on any atom is -0.361 e. The molecule has 1 aromatic carbocycles. The van der Waals surface area contributed by atoms with Gasteiger partial charge in [0.2, 0.25) is 0 Å². The molecule has 0 bridgehead atoms. The molecule has 70 valence electrons. The van der Waals surface area contributed by atoms with Crippen LogP contribution < -0.4 is 0 Å². The molecule has 0 aliphatic carbocycles. The van der Waals surface area contributed by atoms with Gasteiger partial charge in [0.25, 0.3) is 0 Å². The SMILES string of the molecule is O=Cc1c(F)cccc1-c1ccc[nH]1. The monoisotopic (exact) mass is 189 g/mol. The zero-order chi connectivity index (χ0) is 9.97. The third-order valence-corrected chi connectivity index (χ3v) is 2.06. The van der Waals surface area contributed by atoms with E-state index in [2.05, 4.69) is 4.98 Å². The molecule has 0 radical (unpaired) electrons. The molecule has 0 spiro atoms. The van der Waals surface area contributed by atoms with Crippen LogP contribution in [0.1, 0.15) is 10.4 Å². The van der Waals surface area contributed by atoms with Crippen LogP contribution in [0.4, 0.5) is 4.39 Å².